The number of piperidine rings is 1. The van der Waals surface area contributed by atoms with Crippen molar-refractivity contribution in [3.05, 3.63) is 0 Å². The second-order valence-corrected chi connectivity index (χ2v) is 5.89. The predicted octanol–water partition coefficient (Wildman–Crippen LogP) is 0.304. The summed E-state index contributed by atoms with van der Waals surface area (Å²) < 4.78 is 5.41. The van der Waals surface area contributed by atoms with Crippen molar-refractivity contribution >= 4 is 17.7 Å². The number of nitrogens with zero attached hydrogens (tertiary/aromatic N) is 2. The molecule has 3 saturated heterocycles. The highest BCUT2D eigenvalue weighted by Crippen LogP contribution is 2.36. The lowest BCUT2D eigenvalue weighted by Crippen LogP contribution is -2.52. The Morgan fingerprint density at radius 1 is 1.15 bits per heavy atom. The van der Waals surface area contributed by atoms with Gasteiger partial charge in [-0.3, -0.25) is 19.3 Å². The number of rotatable bonds is 3. The fourth-order valence-corrected chi connectivity index (χ4v) is 3.74. The molecule has 0 N–H and O–H groups in total. The van der Waals surface area contributed by atoms with Gasteiger partial charge in [0, 0.05) is 32.0 Å². The number of carbonyl (C=O) groups is 3. The van der Waals surface area contributed by atoms with Gasteiger partial charge >= 0.3 is 0 Å². The zero-order valence-electron chi connectivity index (χ0n) is 11.7. The lowest BCUT2D eigenvalue weighted by atomic mass is 9.99. The Kier molecular flexibility index (Phi) is 3.50. The third kappa shape index (κ3) is 2.22. The standard InChI is InChI=1S/C14H20N2O4/c1-20-11-6-9-2-3-10(7-11)16(9)14(19)8-15-12(17)4-5-13(15)18/h9-11H,2-8H2,1H3. The van der Waals surface area contributed by atoms with E-state index in [-0.39, 0.29) is 55.3 Å². The van der Waals surface area contributed by atoms with Crippen LogP contribution in [0.25, 0.3) is 0 Å². The monoisotopic (exact) mass is 280 g/mol. The zero-order chi connectivity index (χ0) is 14.3. The van der Waals surface area contributed by atoms with Gasteiger partial charge in [-0.15, -0.1) is 0 Å². The fraction of sp³-hybridized carbons (Fsp3) is 0.786. The summed E-state index contributed by atoms with van der Waals surface area (Å²) in [6.07, 6.45) is 4.43. The van der Waals surface area contributed by atoms with E-state index < -0.39 is 0 Å². The summed E-state index contributed by atoms with van der Waals surface area (Å²) in [5.74, 6) is -0.527. The van der Waals surface area contributed by atoms with Crippen molar-refractivity contribution in [2.75, 3.05) is 13.7 Å². The first-order valence-electron chi connectivity index (χ1n) is 7.27. The molecule has 0 radical (unpaired) electrons. The number of hydrogen-bond acceptors (Lipinski definition) is 4. The molecule has 3 fully saturated rings. The minimum Gasteiger partial charge on any atom is -0.381 e. The van der Waals surface area contributed by atoms with Crippen LogP contribution in [0.3, 0.4) is 0 Å². The number of imide groups is 1. The van der Waals surface area contributed by atoms with Crippen molar-refractivity contribution in [2.45, 2.75) is 56.7 Å². The van der Waals surface area contributed by atoms with Crippen LogP contribution in [0.4, 0.5) is 0 Å². The van der Waals surface area contributed by atoms with Gasteiger partial charge in [-0.2, -0.15) is 0 Å². The third-order valence-corrected chi connectivity index (χ3v) is 4.76. The lowest BCUT2D eigenvalue weighted by molar-refractivity contribution is -0.148. The largest absolute Gasteiger partial charge is 0.381 e. The van der Waals surface area contributed by atoms with E-state index in [1.54, 1.807) is 7.11 Å². The van der Waals surface area contributed by atoms with E-state index in [9.17, 15) is 14.4 Å². The van der Waals surface area contributed by atoms with Crippen LogP contribution in [-0.2, 0) is 19.1 Å². The summed E-state index contributed by atoms with van der Waals surface area (Å²) in [6, 6.07) is 0.415. The molecule has 0 aliphatic carbocycles. The van der Waals surface area contributed by atoms with Crippen LogP contribution in [0, 0.1) is 0 Å². The SMILES string of the molecule is COC1CC2CCC(C1)N2C(=O)CN1C(=O)CCC1=O. The average Bonchev–Trinajstić information content (AvgIpc) is 2.89. The Morgan fingerprint density at radius 2 is 1.70 bits per heavy atom. The summed E-state index contributed by atoms with van der Waals surface area (Å²) in [6.45, 7) is -0.0810. The number of ether oxygens (including phenoxy) is 1. The molecule has 0 saturated carbocycles. The van der Waals surface area contributed by atoms with Crippen LogP contribution in [0.2, 0.25) is 0 Å². The molecule has 20 heavy (non-hydrogen) atoms. The summed E-state index contributed by atoms with van der Waals surface area (Å²) >= 11 is 0. The minimum absolute atomic E-state index is 0.0810. The van der Waals surface area contributed by atoms with Gasteiger partial charge in [0.25, 0.3) is 0 Å². The Hall–Kier alpha value is -1.43. The first-order chi connectivity index (χ1) is 9.60. The number of likely N-dealkylation sites (tertiary alicyclic amines) is 1. The highest BCUT2D eigenvalue weighted by Gasteiger charge is 2.44. The minimum atomic E-state index is -0.220. The predicted molar refractivity (Wildman–Crippen MR) is 69.6 cm³/mol. The van der Waals surface area contributed by atoms with Gasteiger partial charge in [0.15, 0.2) is 0 Å². The maximum atomic E-state index is 12.4. The number of carbonyl (C=O) groups excluding carboxylic acids is 3. The molecular weight excluding hydrogens is 260 g/mol. The molecule has 0 aromatic carbocycles. The summed E-state index contributed by atoms with van der Waals surface area (Å²) in [4.78, 5) is 38.6. The maximum Gasteiger partial charge on any atom is 0.243 e. The Labute approximate surface area is 118 Å². The second kappa shape index (κ2) is 5.16. The van der Waals surface area contributed by atoms with Crippen molar-refractivity contribution in [1.29, 1.82) is 0 Å². The first kappa shape index (κ1) is 13.5. The topological polar surface area (TPSA) is 66.9 Å². The number of fused-ring (bicyclic) bond motifs is 2. The molecule has 3 heterocycles. The summed E-state index contributed by atoms with van der Waals surface area (Å²) in [5, 5.41) is 0. The zero-order valence-corrected chi connectivity index (χ0v) is 11.7. The second-order valence-electron chi connectivity index (χ2n) is 5.89. The lowest BCUT2D eigenvalue weighted by Gasteiger charge is -2.39. The molecule has 3 rings (SSSR count). The van der Waals surface area contributed by atoms with E-state index >= 15 is 0 Å². The Bertz CT molecular complexity index is 420. The molecule has 2 bridgehead atoms. The van der Waals surface area contributed by atoms with Gasteiger partial charge in [0.05, 0.1) is 6.10 Å². The number of amides is 3. The average molecular weight is 280 g/mol. The van der Waals surface area contributed by atoms with Crippen molar-refractivity contribution < 1.29 is 19.1 Å². The normalized spacial score (nSPS) is 33.1. The van der Waals surface area contributed by atoms with E-state index in [4.69, 9.17) is 4.74 Å². The van der Waals surface area contributed by atoms with Crippen LogP contribution in [0.5, 0.6) is 0 Å². The van der Waals surface area contributed by atoms with Crippen molar-refractivity contribution in [1.82, 2.24) is 9.80 Å². The summed E-state index contributed by atoms with van der Waals surface area (Å²) in [7, 11) is 1.71. The molecular formula is C14H20N2O4. The van der Waals surface area contributed by atoms with Gasteiger partial charge < -0.3 is 9.64 Å². The highest BCUT2D eigenvalue weighted by atomic mass is 16.5. The molecule has 3 aliphatic heterocycles. The van der Waals surface area contributed by atoms with Crippen LogP contribution in [0.1, 0.15) is 38.5 Å². The van der Waals surface area contributed by atoms with Gasteiger partial charge in [0.2, 0.25) is 17.7 Å². The van der Waals surface area contributed by atoms with E-state index in [0.29, 0.717) is 0 Å². The maximum absolute atomic E-state index is 12.4. The van der Waals surface area contributed by atoms with Crippen molar-refractivity contribution in [3.8, 4) is 0 Å². The Balaban J connectivity index is 1.66. The van der Waals surface area contributed by atoms with E-state index in [1.807, 2.05) is 4.90 Å². The van der Waals surface area contributed by atoms with E-state index in [2.05, 4.69) is 0 Å². The molecule has 3 aliphatic rings. The van der Waals surface area contributed by atoms with Gasteiger partial charge in [-0.1, -0.05) is 0 Å². The van der Waals surface area contributed by atoms with Crippen LogP contribution in [0.15, 0.2) is 0 Å². The van der Waals surface area contributed by atoms with Crippen LogP contribution >= 0.6 is 0 Å². The third-order valence-electron chi connectivity index (χ3n) is 4.76. The smallest absolute Gasteiger partial charge is 0.243 e. The molecule has 110 valence electrons. The molecule has 0 spiro atoms. The molecule has 2 atom stereocenters. The quantitative estimate of drug-likeness (QED) is 0.698. The molecule has 0 aromatic heterocycles. The van der Waals surface area contributed by atoms with Crippen LogP contribution < -0.4 is 0 Å². The molecule has 6 nitrogen and oxygen atoms in total. The number of hydrogen-bond donors (Lipinski definition) is 0. The van der Waals surface area contributed by atoms with Crippen LogP contribution in [-0.4, -0.2) is 59.4 Å². The fourth-order valence-electron chi connectivity index (χ4n) is 3.74. The van der Waals surface area contributed by atoms with E-state index in [0.717, 1.165) is 30.6 Å². The highest BCUT2D eigenvalue weighted by molar-refractivity contribution is 6.04. The van der Waals surface area contributed by atoms with Crippen molar-refractivity contribution in [2.24, 2.45) is 0 Å². The van der Waals surface area contributed by atoms with E-state index in [1.165, 1.54) is 0 Å². The first-order valence-corrected chi connectivity index (χ1v) is 7.27. The Morgan fingerprint density at radius 3 is 2.20 bits per heavy atom. The molecule has 0 aromatic rings. The summed E-state index contributed by atoms with van der Waals surface area (Å²) in [5.41, 5.74) is 0. The van der Waals surface area contributed by atoms with Gasteiger partial charge in [-0.05, 0) is 25.7 Å². The van der Waals surface area contributed by atoms with Gasteiger partial charge in [0.1, 0.15) is 6.54 Å². The molecule has 6 heteroatoms. The van der Waals surface area contributed by atoms with Crippen molar-refractivity contribution in [3.63, 3.8) is 0 Å². The van der Waals surface area contributed by atoms with Gasteiger partial charge in [-0.25, -0.2) is 0 Å². The molecule has 2 unspecified atom stereocenters. The molecule has 3 amide bonds. The number of methoxy groups -OCH3 is 1.